The molecule has 14 atom stereocenters. The Morgan fingerprint density at radius 1 is 0.623 bits per heavy atom. The molecule has 0 radical (unpaired) electrons. The first-order valence-electron chi connectivity index (χ1n) is 39.3. The van der Waals surface area contributed by atoms with E-state index in [2.05, 4.69) is 16.0 Å². The molecule has 1 spiro atoms. The molecule has 4 heterocycles. The molecule has 0 aromatic carbocycles. The average Bonchev–Trinajstić information content (AvgIpc) is 1.26. The number of morpholine rings is 1. The summed E-state index contributed by atoms with van der Waals surface area (Å²) >= 11 is 6.45. The smallest absolute Gasteiger partial charge is 0.377 e. The summed E-state index contributed by atoms with van der Waals surface area (Å²) in [5.74, 6) is -11.0. The van der Waals surface area contributed by atoms with Crippen LogP contribution in [0.15, 0.2) is 0 Å². The summed E-state index contributed by atoms with van der Waals surface area (Å²) in [5.41, 5.74) is -1.62. The second-order valence-corrected chi connectivity index (χ2v) is 33.2. The van der Waals surface area contributed by atoms with Gasteiger partial charge in [-0.25, -0.2) is 0 Å². The molecule has 8 fully saturated rings. The van der Waals surface area contributed by atoms with E-state index in [0.29, 0.717) is 44.9 Å². The van der Waals surface area contributed by atoms with E-state index in [9.17, 15) is 37.1 Å². The third kappa shape index (κ3) is 20.7. The SMILES string of the molecule is CCO[C@@H]1C[C@H]2C(=O)NC3(CCCC3)C(=O)N(C)[C@@H](C3CCCCC3)C(=O)N(C)[C@H](C(=O)N3C4CCC3COC4)CC(=O)N(C)[C@@H](CC(C)C)C(=O)N[C@@H]([C@@H](C)CC)C(=O)N(C)CC(=O)N(C)CC(=O)N(C)[C@@H](CC3CCCCC3)C(=O)N(C)CC(=O)N[C@@H](CCC3CCC(C(F)(F)F)C(Cl)C3)C(=O)N2C1. The summed E-state index contributed by atoms with van der Waals surface area (Å²) in [5, 5.41) is 7.65. The van der Waals surface area contributed by atoms with Crippen molar-refractivity contribution in [2.75, 3.05) is 95.3 Å². The maximum Gasteiger partial charge on any atom is 0.393 e. The Bertz CT molecular complexity index is 3100. The number of nitrogens with zero attached hydrogens (tertiary/aromatic N) is 9. The van der Waals surface area contributed by atoms with Crippen LogP contribution in [0, 0.1) is 35.5 Å². The highest BCUT2D eigenvalue weighted by atomic mass is 35.5. The summed E-state index contributed by atoms with van der Waals surface area (Å²) in [6, 6.07) is -9.61. The lowest BCUT2D eigenvalue weighted by Crippen LogP contribution is -2.65. The molecule has 4 saturated carbocycles. The highest BCUT2D eigenvalue weighted by Gasteiger charge is 2.54. The molecule has 30 heteroatoms. The first kappa shape index (κ1) is 85.3. The lowest BCUT2D eigenvalue weighted by Gasteiger charge is -2.44. The molecular formula is C76H122ClF3N12O14. The monoisotopic (exact) mass is 1520 g/mol. The third-order valence-corrected chi connectivity index (χ3v) is 25.2. The minimum atomic E-state index is -4.53. The molecule has 3 N–H and O–H groups in total. The number of ether oxygens (including phenoxy) is 2. The van der Waals surface area contributed by atoms with Gasteiger partial charge in [0.1, 0.15) is 47.8 Å². The van der Waals surface area contributed by atoms with Gasteiger partial charge in [-0.1, -0.05) is 98.3 Å². The second kappa shape index (κ2) is 37.8. The summed E-state index contributed by atoms with van der Waals surface area (Å²) in [7, 11) is 10.1. The van der Waals surface area contributed by atoms with Crippen molar-refractivity contribution in [3.63, 3.8) is 0 Å². The van der Waals surface area contributed by atoms with Crippen molar-refractivity contribution in [2.24, 2.45) is 35.5 Å². The van der Waals surface area contributed by atoms with Gasteiger partial charge in [-0.3, -0.25) is 57.5 Å². The molecule has 26 nitrogen and oxygen atoms in total. The van der Waals surface area contributed by atoms with Crippen LogP contribution in [0.25, 0.3) is 0 Å². The maximum atomic E-state index is 16.1. The summed E-state index contributed by atoms with van der Waals surface area (Å²) in [6.45, 7) is 7.98. The Labute approximate surface area is 630 Å². The van der Waals surface area contributed by atoms with Crippen molar-refractivity contribution in [1.29, 1.82) is 0 Å². The van der Waals surface area contributed by atoms with Gasteiger partial charge in [0, 0.05) is 74.3 Å². The van der Waals surface area contributed by atoms with Crippen LogP contribution in [0.4, 0.5) is 13.2 Å². The number of nitrogens with one attached hydrogen (secondary N) is 3. The van der Waals surface area contributed by atoms with Crippen LogP contribution in [0.3, 0.4) is 0 Å². The molecule has 2 bridgehead atoms. The normalized spacial score (nSPS) is 31.6. The largest absolute Gasteiger partial charge is 0.393 e. The zero-order valence-electron chi connectivity index (χ0n) is 64.9. The maximum absolute atomic E-state index is 16.1. The molecule has 8 aliphatic rings. The van der Waals surface area contributed by atoms with Crippen LogP contribution < -0.4 is 16.0 Å². The molecular weight excluding hydrogens is 1400 g/mol. The molecule has 106 heavy (non-hydrogen) atoms. The van der Waals surface area contributed by atoms with Crippen LogP contribution in [0.1, 0.15) is 202 Å². The molecule has 0 aromatic rings. The Morgan fingerprint density at radius 2 is 1.23 bits per heavy atom. The van der Waals surface area contributed by atoms with E-state index in [1.54, 1.807) is 18.7 Å². The first-order chi connectivity index (χ1) is 50.1. The molecule has 4 saturated heterocycles. The van der Waals surface area contributed by atoms with Gasteiger partial charge in [0.2, 0.25) is 70.9 Å². The van der Waals surface area contributed by atoms with Crippen molar-refractivity contribution >= 4 is 82.5 Å². The number of likely N-dealkylation sites (N-methyl/N-ethyl adjacent to an activating group) is 7. The highest BCUT2D eigenvalue weighted by Crippen LogP contribution is 2.44. The number of alkyl halides is 4. The Kier molecular flexibility index (Phi) is 30.4. The summed E-state index contributed by atoms with van der Waals surface area (Å²) in [4.78, 5) is 194. The van der Waals surface area contributed by atoms with Crippen LogP contribution in [-0.2, 0) is 67.0 Å². The average molecular weight is 1520 g/mol. The first-order valence-corrected chi connectivity index (χ1v) is 39.8. The van der Waals surface area contributed by atoms with Crippen LogP contribution in [0.2, 0.25) is 0 Å². The number of fused-ring (bicyclic) bond motifs is 3. The number of hydrogen-bond acceptors (Lipinski definition) is 14. The number of halogens is 4. The fraction of sp³-hybridized carbons (Fsp3) is 0.842. The van der Waals surface area contributed by atoms with E-state index in [-0.39, 0.29) is 114 Å². The van der Waals surface area contributed by atoms with Crippen molar-refractivity contribution < 1.29 is 80.2 Å². The standard InChI is InChI=1S/C76H122ClF3N12O14/c1-13-47(5)65-72(102)86(8)42-63(95)84(6)43-64(96)88(10)59(37-48-23-17-15-18-24-48)70(100)85(7)41-61(93)81-56(32-28-49-27-31-54(55(77)36-49)76(78,79)80)69(99)91-40-53(106-14-2)38-58(91)68(98)83-75(33-21-22-34-75)74(104)90(12)66(50-25-19-16-20-26-50)73(103)89(11)60(71(101)92-51-29-30-52(92)45-105-44-51)39-62(94)87(9)57(35-46(3)4)67(97)82-65/h46-60,65-66H,13-45H2,1-12H3,(H,81,93)(H,82,97)(H,83,98)/t47-,49?,51?,52?,53+,54?,55?,56-,57-,58-,59-,60-,65-,66-/m0/s1. The summed E-state index contributed by atoms with van der Waals surface area (Å²) in [6.07, 6.45) is 5.10. The van der Waals surface area contributed by atoms with Crippen LogP contribution >= 0.6 is 11.6 Å². The van der Waals surface area contributed by atoms with Gasteiger partial charge in [0.15, 0.2) is 0 Å². The lowest BCUT2D eigenvalue weighted by atomic mass is 9.78. The van der Waals surface area contributed by atoms with Crippen molar-refractivity contribution in [3.8, 4) is 0 Å². The van der Waals surface area contributed by atoms with Gasteiger partial charge < -0.3 is 69.5 Å². The highest BCUT2D eigenvalue weighted by molar-refractivity contribution is 6.21. The van der Waals surface area contributed by atoms with E-state index >= 15 is 33.6 Å². The number of hydrogen-bond donors (Lipinski definition) is 3. The van der Waals surface area contributed by atoms with E-state index < -0.39 is 186 Å². The topological polar surface area (TPSA) is 289 Å². The minimum Gasteiger partial charge on any atom is -0.377 e. The van der Waals surface area contributed by atoms with E-state index in [0.717, 1.165) is 66.1 Å². The Hall–Kier alpha value is -6.36. The number of carbonyl (C=O) groups is 12. The molecule has 4 aliphatic carbocycles. The van der Waals surface area contributed by atoms with E-state index in [4.69, 9.17) is 21.1 Å². The van der Waals surface area contributed by atoms with Crippen LogP contribution in [0.5, 0.6) is 0 Å². The quantitative estimate of drug-likeness (QED) is 0.182. The van der Waals surface area contributed by atoms with Crippen molar-refractivity contribution in [1.82, 2.24) is 60.0 Å². The van der Waals surface area contributed by atoms with E-state index in [1.165, 1.54) is 73.8 Å². The van der Waals surface area contributed by atoms with Crippen molar-refractivity contribution in [2.45, 2.75) is 279 Å². The predicted molar refractivity (Wildman–Crippen MR) is 389 cm³/mol. The molecule has 598 valence electrons. The molecule has 12 amide bonds. The summed E-state index contributed by atoms with van der Waals surface area (Å²) < 4.78 is 54.4. The van der Waals surface area contributed by atoms with Crippen LogP contribution in [-0.4, -0.2) is 288 Å². The molecule has 5 unspecified atom stereocenters. The zero-order chi connectivity index (χ0) is 77.8. The predicted octanol–water partition coefficient (Wildman–Crippen LogP) is 5.88. The van der Waals surface area contributed by atoms with Gasteiger partial charge in [0.05, 0.1) is 63.4 Å². The van der Waals surface area contributed by atoms with Gasteiger partial charge in [-0.15, -0.1) is 11.6 Å². The number of amides is 12. The molecule has 8 rings (SSSR count). The fourth-order valence-electron chi connectivity index (χ4n) is 18.0. The van der Waals surface area contributed by atoms with Gasteiger partial charge in [0.25, 0.3) is 0 Å². The van der Waals surface area contributed by atoms with E-state index in [1.807, 2.05) is 20.8 Å². The van der Waals surface area contributed by atoms with Gasteiger partial charge in [-0.2, -0.15) is 13.2 Å². The molecule has 4 aliphatic heterocycles. The number of rotatable bonds is 13. The minimum absolute atomic E-state index is 0.0170. The Morgan fingerprint density at radius 3 is 1.82 bits per heavy atom. The zero-order valence-corrected chi connectivity index (χ0v) is 65.7. The lowest BCUT2D eigenvalue weighted by molar-refractivity contribution is -0.182. The second-order valence-electron chi connectivity index (χ2n) is 32.7. The van der Waals surface area contributed by atoms with Crippen molar-refractivity contribution in [3.05, 3.63) is 0 Å². The molecule has 0 aromatic heterocycles. The Balaban J connectivity index is 1.19. The van der Waals surface area contributed by atoms with Gasteiger partial charge in [-0.05, 0) is 120 Å². The third-order valence-electron chi connectivity index (χ3n) is 24.7. The van der Waals surface area contributed by atoms with Gasteiger partial charge >= 0.3 is 6.18 Å². The fourth-order valence-corrected chi connectivity index (χ4v) is 18.5. The number of carbonyl (C=O) groups excluding carboxylic acids is 12.